The number of benzene rings is 2. The Labute approximate surface area is 131 Å². The number of anilines is 1. The van der Waals surface area contributed by atoms with Crippen LogP contribution in [0.4, 0.5) is 5.69 Å². The first-order valence-electron chi connectivity index (χ1n) is 6.58. The van der Waals surface area contributed by atoms with Crippen LogP contribution in [0.2, 0.25) is 0 Å². The minimum Gasteiger partial charge on any atom is -0.378 e. The van der Waals surface area contributed by atoms with E-state index < -0.39 is 0 Å². The van der Waals surface area contributed by atoms with E-state index in [1.807, 2.05) is 30.3 Å². The predicted octanol–water partition coefficient (Wildman–Crippen LogP) is 3.60. The molecule has 21 heavy (non-hydrogen) atoms. The molecule has 0 saturated heterocycles. The molecule has 106 valence electrons. The first-order chi connectivity index (χ1) is 10.2. The van der Waals surface area contributed by atoms with E-state index in [9.17, 15) is 0 Å². The lowest BCUT2D eigenvalue weighted by atomic mass is 10.1. The average molecular weight is 344 g/mol. The van der Waals surface area contributed by atoms with Crippen molar-refractivity contribution in [2.75, 3.05) is 5.32 Å². The van der Waals surface area contributed by atoms with Gasteiger partial charge >= 0.3 is 0 Å². The Morgan fingerprint density at radius 2 is 2.00 bits per heavy atom. The summed E-state index contributed by atoms with van der Waals surface area (Å²) in [5, 5.41) is 14.7. The highest BCUT2D eigenvalue weighted by atomic mass is 79.9. The van der Waals surface area contributed by atoms with Crippen molar-refractivity contribution in [3.8, 4) is 5.69 Å². The number of halogens is 1. The molecule has 5 nitrogen and oxygen atoms in total. The molecule has 3 rings (SSSR count). The van der Waals surface area contributed by atoms with Crippen molar-refractivity contribution in [2.24, 2.45) is 0 Å². The Kier molecular flexibility index (Phi) is 3.96. The quantitative estimate of drug-likeness (QED) is 0.786. The van der Waals surface area contributed by atoms with Crippen LogP contribution in [0.25, 0.3) is 5.69 Å². The number of aromatic nitrogens is 4. The molecule has 0 aliphatic carbocycles. The van der Waals surface area contributed by atoms with E-state index in [4.69, 9.17) is 0 Å². The smallest absolute Gasteiger partial charge is 0.143 e. The standard InChI is InChI=1S/C15H14BrN5/c1-11(18-14-6-3-5-13(16)9-14)12-4-2-7-15(8-12)21-10-17-19-20-21/h2-11,18H,1H3. The van der Waals surface area contributed by atoms with Gasteiger partial charge in [0.05, 0.1) is 5.69 Å². The molecule has 3 aromatic rings. The number of hydrogen-bond donors (Lipinski definition) is 1. The largest absolute Gasteiger partial charge is 0.378 e. The van der Waals surface area contributed by atoms with Gasteiger partial charge in [0.2, 0.25) is 0 Å². The van der Waals surface area contributed by atoms with E-state index in [0.29, 0.717) is 0 Å². The topological polar surface area (TPSA) is 55.6 Å². The summed E-state index contributed by atoms with van der Waals surface area (Å²) >= 11 is 3.48. The van der Waals surface area contributed by atoms with E-state index in [1.165, 1.54) is 5.56 Å². The summed E-state index contributed by atoms with van der Waals surface area (Å²) in [6, 6.07) is 16.4. The van der Waals surface area contributed by atoms with Gasteiger partial charge in [-0.15, -0.1) is 5.10 Å². The lowest BCUT2D eigenvalue weighted by Gasteiger charge is -2.16. The lowest BCUT2D eigenvalue weighted by molar-refractivity contribution is 0.785. The van der Waals surface area contributed by atoms with Crippen LogP contribution >= 0.6 is 15.9 Å². The van der Waals surface area contributed by atoms with Gasteiger partial charge in [0.15, 0.2) is 0 Å². The van der Waals surface area contributed by atoms with Gasteiger partial charge in [-0.05, 0) is 53.2 Å². The molecule has 0 spiro atoms. The van der Waals surface area contributed by atoms with Crippen LogP contribution in [-0.4, -0.2) is 20.2 Å². The number of rotatable bonds is 4. The van der Waals surface area contributed by atoms with Crippen molar-refractivity contribution in [3.63, 3.8) is 0 Å². The zero-order valence-corrected chi connectivity index (χ0v) is 13.0. The van der Waals surface area contributed by atoms with E-state index in [2.05, 4.69) is 61.9 Å². The van der Waals surface area contributed by atoms with Crippen LogP contribution in [0.15, 0.2) is 59.3 Å². The minimum atomic E-state index is 0.177. The predicted molar refractivity (Wildman–Crippen MR) is 85.3 cm³/mol. The van der Waals surface area contributed by atoms with Gasteiger partial charge in [0.25, 0.3) is 0 Å². The number of nitrogens with one attached hydrogen (secondary N) is 1. The van der Waals surface area contributed by atoms with Crippen molar-refractivity contribution in [2.45, 2.75) is 13.0 Å². The van der Waals surface area contributed by atoms with Gasteiger partial charge in [-0.1, -0.05) is 34.1 Å². The van der Waals surface area contributed by atoms with Gasteiger partial charge in [-0.3, -0.25) is 0 Å². The van der Waals surface area contributed by atoms with Crippen LogP contribution in [-0.2, 0) is 0 Å². The molecule has 1 atom stereocenters. The second-order valence-corrected chi connectivity index (χ2v) is 5.64. The van der Waals surface area contributed by atoms with Crippen LogP contribution in [0.5, 0.6) is 0 Å². The van der Waals surface area contributed by atoms with Crippen LogP contribution in [0.3, 0.4) is 0 Å². The Morgan fingerprint density at radius 1 is 1.14 bits per heavy atom. The fourth-order valence-corrected chi connectivity index (χ4v) is 2.53. The highest BCUT2D eigenvalue weighted by Gasteiger charge is 2.07. The van der Waals surface area contributed by atoms with Gasteiger partial charge in [-0.2, -0.15) is 0 Å². The molecule has 2 aromatic carbocycles. The Hall–Kier alpha value is -2.21. The zero-order valence-electron chi connectivity index (χ0n) is 11.4. The SMILES string of the molecule is CC(Nc1cccc(Br)c1)c1cccc(-n2cnnn2)c1. The van der Waals surface area contributed by atoms with Crippen LogP contribution in [0.1, 0.15) is 18.5 Å². The first kappa shape index (κ1) is 13.8. The summed E-state index contributed by atoms with van der Waals surface area (Å²) < 4.78 is 2.71. The summed E-state index contributed by atoms with van der Waals surface area (Å²) in [6.07, 6.45) is 1.59. The summed E-state index contributed by atoms with van der Waals surface area (Å²) in [7, 11) is 0. The Morgan fingerprint density at radius 3 is 2.76 bits per heavy atom. The number of nitrogens with zero attached hydrogens (tertiary/aromatic N) is 4. The molecule has 0 saturated carbocycles. The molecule has 0 fully saturated rings. The summed E-state index contributed by atoms with van der Waals surface area (Å²) in [5.41, 5.74) is 3.19. The average Bonchev–Trinajstić information content (AvgIpc) is 3.02. The summed E-state index contributed by atoms with van der Waals surface area (Å²) in [4.78, 5) is 0. The molecule has 1 N–H and O–H groups in total. The van der Waals surface area contributed by atoms with E-state index in [-0.39, 0.29) is 6.04 Å². The molecule has 0 amide bonds. The van der Waals surface area contributed by atoms with Crippen molar-refractivity contribution >= 4 is 21.6 Å². The summed E-state index contributed by atoms with van der Waals surface area (Å²) in [6.45, 7) is 2.12. The molecular weight excluding hydrogens is 330 g/mol. The first-order valence-corrected chi connectivity index (χ1v) is 7.37. The second kappa shape index (κ2) is 6.05. The molecular formula is C15H14BrN5. The molecule has 6 heteroatoms. The van der Waals surface area contributed by atoms with Crippen LogP contribution in [0, 0.1) is 0 Å². The summed E-state index contributed by atoms with van der Waals surface area (Å²) in [5.74, 6) is 0. The van der Waals surface area contributed by atoms with E-state index in [1.54, 1.807) is 11.0 Å². The normalized spacial score (nSPS) is 12.1. The Bertz CT molecular complexity index is 726. The maximum Gasteiger partial charge on any atom is 0.143 e. The molecule has 1 aromatic heterocycles. The maximum absolute atomic E-state index is 3.91. The van der Waals surface area contributed by atoms with Crippen molar-refractivity contribution < 1.29 is 0 Å². The lowest BCUT2D eigenvalue weighted by Crippen LogP contribution is -2.07. The van der Waals surface area contributed by atoms with Gasteiger partial charge < -0.3 is 5.32 Å². The van der Waals surface area contributed by atoms with Crippen molar-refractivity contribution in [1.82, 2.24) is 20.2 Å². The fraction of sp³-hybridized carbons (Fsp3) is 0.133. The van der Waals surface area contributed by atoms with E-state index in [0.717, 1.165) is 15.8 Å². The monoisotopic (exact) mass is 343 g/mol. The maximum atomic E-state index is 3.91. The number of hydrogen-bond acceptors (Lipinski definition) is 4. The van der Waals surface area contributed by atoms with E-state index >= 15 is 0 Å². The molecule has 0 radical (unpaired) electrons. The van der Waals surface area contributed by atoms with Crippen LogP contribution < -0.4 is 5.32 Å². The van der Waals surface area contributed by atoms with Crippen molar-refractivity contribution in [3.05, 3.63) is 64.9 Å². The third-order valence-electron chi connectivity index (χ3n) is 3.19. The third kappa shape index (κ3) is 3.28. The third-order valence-corrected chi connectivity index (χ3v) is 3.68. The molecule has 1 heterocycles. The van der Waals surface area contributed by atoms with Gasteiger partial charge in [-0.25, -0.2) is 4.68 Å². The highest BCUT2D eigenvalue weighted by Crippen LogP contribution is 2.23. The zero-order chi connectivity index (χ0) is 14.7. The van der Waals surface area contributed by atoms with Crippen molar-refractivity contribution in [1.29, 1.82) is 0 Å². The molecule has 0 aliphatic heterocycles. The second-order valence-electron chi connectivity index (χ2n) is 4.73. The van der Waals surface area contributed by atoms with Gasteiger partial charge in [0, 0.05) is 16.2 Å². The molecule has 0 aliphatic rings. The fourth-order valence-electron chi connectivity index (χ4n) is 2.13. The minimum absolute atomic E-state index is 0.177. The van der Waals surface area contributed by atoms with Gasteiger partial charge in [0.1, 0.15) is 6.33 Å². The highest BCUT2D eigenvalue weighted by molar-refractivity contribution is 9.10. The number of tetrazole rings is 1. The molecule has 1 unspecified atom stereocenters. The Balaban J connectivity index is 1.81. The molecule has 0 bridgehead atoms.